The number of nitrogens with one attached hydrogen (secondary N) is 2. The van der Waals surface area contributed by atoms with E-state index in [1.54, 1.807) is 50.2 Å². The third-order valence-corrected chi connectivity index (χ3v) is 6.83. The number of nitrogens with zero attached hydrogens (tertiary/aromatic N) is 2. The lowest BCUT2D eigenvalue weighted by atomic mass is 9.92. The van der Waals surface area contributed by atoms with E-state index < -0.39 is 40.9 Å². The number of aromatic amines is 1. The summed E-state index contributed by atoms with van der Waals surface area (Å²) < 4.78 is 46.0. The molecule has 0 aliphatic heterocycles. The largest absolute Gasteiger partial charge is 0.465 e. The van der Waals surface area contributed by atoms with Crippen LogP contribution >= 0.6 is 11.6 Å². The molecule has 8 nitrogen and oxygen atoms in total. The predicted molar refractivity (Wildman–Crippen MR) is 146 cm³/mol. The number of hydrogen-bond acceptors (Lipinski definition) is 5. The van der Waals surface area contributed by atoms with Gasteiger partial charge in [-0.2, -0.15) is 18.3 Å². The van der Waals surface area contributed by atoms with Gasteiger partial charge >= 0.3 is 17.8 Å². The van der Waals surface area contributed by atoms with Gasteiger partial charge < -0.3 is 10.1 Å². The number of benzene rings is 3. The summed E-state index contributed by atoms with van der Waals surface area (Å²) in [5.41, 5.74) is -1.04. The van der Waals surface area contributed by atoms with Crippen LogP contribution in [0.3, 0.4) is 0 Å². The fourth-order valence-electron chi connectivity index (χ4n) is 4.45. The van der Waals surface area contributed by atoms with Crippen LogP contribution in [0.15, 0.2) is 77.6 Å². The van der Waals surface area contributed by atoms with E-state index >= 15 is 0 Å². The maximum atomic E-state index is 13.4. The maximum Gasteiger partial charge on any atom is 0.416 e. The molecule has 1 aromatic heterocycles. The Bertz CT molecular complexity index is 1610. The molecule has 1 unspecified atom stereocenters. The van der Waals surface area contributed by atoms with E-state index in [-0.39, 0.29) is 23.4 Å². The summed E-state index contributed by atoms with van der Waals surface area (Å²) in [7, 11) is 1.25. The Kier molecular flexibility index (Phi) is 8.39. The molecule has 0 spiro atoms. The lowest BCUT2D eigenvalue weighted by Gasteiger charge is -2.29. The van der Waals surface area contributed by atoms with Gasteiger partial charge in [0.2, 0.25) is 5.91 Å². The average Bonchev–Trinajstić information content (AvgIpc) is 3.32. The molecule has 0 fully saturated rings. The van der Waals surface area contributed by atoms with Crippen molar-refractivity contribution < 1.29 is 27.5 Å². The lowest BCUT2D eigenvalue weighted by Crippen LogP contribution is -2.42. The highest BCUT2D eigenvalue weighted by Gasteiger charge is 2.33. The van der Waals surface area contributed by atoms with Crippen LogP contribution in [0.25, 0.3) is 11.4 Å². The van der Waals surface area contributed by atoms with E-state index in [1.165, 1.54) is 35.9 Å². The highest BCUT2D eigenvalue weighted by atomic mass is 35.5. The van der Waals surface area contributed by atoms with Crippen LogP contribution in [-0.2, 0) is 21.2 Å². The van der Waals surface area contributed by atoms with Crippen molar-refractivity contribution in [3.8, 4) is 11.4 Å². The number of halogens is 4. The molecule has 0 radical (unpaired) electrons. The molecule has 12 heteroatoms. The fraction of sp³-hybridized carbons (Fsp3) is 0.241. The van der Waals surface area contributed by atoms with Crippen molar-refractivity contribution in [1.82, 2.24) is 20.1 Å². The second-order valence-corrected chi connectivity index (χ2v) is 10.3. The smallest absolute Gasteiger partial charge is 0.416 e. The van der Waals surface area contributed by atoms with Crippen LogP contribution in [0.2, 0.25) is 5.02 Å². The highest BCUT2D eigenvalue weighted by molar-refractivity contribution is 6.30. The molecule has 4 rings (SSSR count). The number of hydrogen-bond donors (Lipinski definition) is 2. The Balaban J connectivity index is 1.72. The Morgan fingerprint density at radius 3 is 2.27 bits per heavy atom. The Labute approximate surface area is 238 Å². The zero-order chi connectivity index (χ0) is 29.9. The van der Waals surface area contributed by atoms with Crippen LogP contribution in [0.5, 0.6) is 0 Å². The van der Waals surface area contributed by atoms with Crippen LogP contribution in [0.1, 0.15) is 53.4 Å². The van der Waals surface area contributed by atoms with E-state index in [0.29, 0.717) is 16.1 Å². The quantitative estimate of drug-likeness (QED) is 0.257. The Hall–Kier alpha value is -4.38. The number of carbonyl (C=O) groups excluding carboxylic acids is 2. The molecule has 41 heavy (non-hydrogen) atoms. The van der Waals surface area contributed by atoms with Crippen LogP contribution in [-0.4, -0.2) is 33.8 Å². The van der Waals surface area contributed by atoms with Crippen LogP contribution in [0.4, 0.5) is 13.2 Å². The summed E-state index contributed by atoms with van der Waals surface area (Å²) in [6.45, 7) is 3.17. The Morgan fingerprint density at radius 2 is 1.66 bits per heavy atom. The number of rotatable bonds is 8. The van der Waals surface area contributed by atoms with Gasteiger partial charge in [0.15, 0.2) is 5.82 Å². The second kappa shape index (κ2) is 11.6. The first-order chi connectivity index (χ1) is 19.3. The van der Waals surface area contributed by atoms with Gasteiger partial charge in [-0.15, -0.1) is 0 Å². The van der Waals surface area contributed by atoms with Crippen molar-refractivity contribution in [2.24, 2.45) is 0 Å². The van der Waals surface area contributed by atoms with Gasteiger partial charge in [0.1, 0.15) is 0 Å². The first-order valence-electron chi connectivity index (χ1n) is 12.4. The molecule has 0 saturated carbocycles. The van der Waals surface area contributed by atoms with Crippen LogP contribution < -0.4 is 11.0 Å². The number of ether oxygens (including phenoxy) is 1. The van der Waals surface area contributed by atoms with E-state index in [4.69, 9.17) is 16.3 Å². The molecular formula is C29H26ClF3N4O4. The fourth-order valence-corrected chi connectivity index (χ4v) is 4.57. The van der Waals surface area contributed by atoms with Gasteiger partial charge in [0.25, 0.3) is 0 Å². The zero-order valence-corrected chi connectivity index (χ0v) is 23.0. The molecule has 4 aromatic rings. The Morgan fingerprint density at radius 1 is 1.02 bits per heavy atom. The van der Waals surface area contributed by atoms with Crippen LogP contribution in [0, 0.1) is 0 Å². The zero-order valence-electron chi connectivity index (χ0n) is 22.3. The third kappa shape index (κ3) is 6.68. The summed E-state index contributed by atoms with van der Waals surface area (Å²) in [6, 6.07) is 16.6. The SMILES string of the molecule is COC(=O)c1ccc(C(CC(=O)NC(C)(C)c2cccc(C(F)(F)F)c2)n2c(-c3ccc(Cl)cc3)n[nH]c2=O)cc1. The van der Waals surface area contributed by atoms with Gasteiger partial charge in [0, 0.05) is 10.6 Å². The van der Waals surface area contributed by atoms with Gasteiger partial charge in [-0.05, 0) is 73.5 Å². The molecule has 3 aromatic carbocycles. The normalized spacial score (nSPS) is 12.6. The van der Waals surface area contributed by atoms with Crippen molar-refractivity contribution >= 4 is 23.5 Å². The van der Waals surface area contributed by atoms with Crippen molar-refractivity contribution in [2.75, 3.05) is 7.11 Å². The monoisotopic (exact) mass is 586 g/mol. The number of esters is 1. The summed E-state index contributed by atoms with van der Waals surface area (Å²) in [6.07, 6.45) is -4.82. The van der Waals surface area contributed by atoms with Crippen molar-refractivity contribution in [2.45, 2.75) is 38.0 Å². The molecule has 214 valence electrons. The molecule has 2 N–H and O–H groups in total. The minimum atomic E-state index is -4.54. The number of H-pyrrole nitrogens is 1. The standard InChI is InChI=1S/C29H26ClF3N4O4/c1-28(2,20-5-4-6-21(15-20)29(31,32)33)34-24(38)16-23(17-7-9-19(10-8-17)26(39)41-3)37-25(35-36-27(37)40)18-11-13-22(30)14-12-18/h4-15,23H,16H2,1-3H3,(H,34,38)(H,36,40). The van der Waals surface area contributed by atoms with E-state index in [0.717, 1.165) is 12.1 Å². The number of methoxy groups -OCH3 is 1. The molecule has 0 aliphatic carbocycles. The van der Waals surface area contributed by atoms with E-state index in [9.17, 15) is 27.6 Å². The molecule has 1 heterocycles. The second-order valence-electron chi connectivity index (χ2n) is 9.81. The molecule has 1 amide bonds. The summed E-state index contributed by atoms with van der Waals surface area (Å²) in [5, 5.41) is 9.84. The van der Waals surface area contributed by atoms with Gasteiger partial charge in [0.05, 0.1) is 36.2 Å². The lowest BCUT2D eigenvalue weighted by molar-refractivity contribution is -0.137. The summed E-state index contributed by atoms with van der Waals surface area (Å²) in [5.74, 6) is -0.862. The van der Waals surface area contributed by atoms with Crippen molar-refractivity contribution in [3.05, 3.63) is 111 Å². The number of carbonyl (C=O) groups is 2. The van der Waals surface area contributed by atoms with Gasteiger partial charge in [-0.1, -0.05) is 35.9 Å². The number of aromatic nitrogens is 3. The number of alkyl halides is 3. The van der Waals surface area contributed by atoms with E-state index in [1.807, 2.05) is 0 Å². The average molecular weight is 587 g/mol. The van der Waals surface area contributed by atoms with Gasteiger partial charge in [-0.25, -0.2) is 14.7 Å². The van der Waals surface area contributed by atoms with Gasteiger partial charge in [-0.3, -0.25) is 9.36 Å². The predicted octanol–water partition coefficient (Wildman–Crippen LogP) is 5.73. The highest BCUT2D eigenvalue weighted by Crippen LogP contribution is 2.33. The van der Waals surface area contributed by atoms with Crippen molar-refractivity contribution in [1.29, 1.82) is 0 Å². The minimum Gasteiger partial charge on any atom is -0.465 e. The molecule has 0 aliphatic rings. The maximum absolute atomic E-state index is 13.4. The molecule has 0 saturated heterocycles. The molecule has 1 atom stereocenters. The topological polar surface area (TPSA) is 106 Å². The minimum absolute atomic E-state index is 0.235. The molecule has 0 bridgehead atoms. The molecular weight excluding hydrogens is 561 g/mol. The van der Waals surface area contributed by atoms with Crippen molar-refractivity contribution in [3.63, 3.8) is 0 Å². The number of amides is 1. The van der Waals surface area contributed by atoms with E-state index in [2.05, 4.69) is 15.5 Å². The summed E-state index contributed by atoms with van der Waals surface area (Å²) >= 11 is 6.02. The third-order valence-electron chi connectivity index (χ3n) is 6.58. The summed E-state index contributed by atoms with van der Waals surface area (Å²) in [4.78, 5) is 38.5. The first kappa shape index (κ1) is 29.6. The first-order valence-corrected chi connectivity index (χ1v) is 12.8.